The number of anilines is 1. The average molecular weight is 393 g/mol. The Balaban J connectivity index is 1.62. The number of nitrogens with one attached hydrogen (secondary N) is 1. The van der Waals surface area contributed by atoms with Gasteiger partial charge in [-0.05, 0) is 30.5 Å². The Morgan fingerprint density at radius 2 is 1.81 bits per heavy atom. The van der Waals surface area contributed by atoms with Gasteiger partial charge in [-0.25, -0.2) is 17.1 Å². The Bertz CT molecular complexity index is 913. The molecule has 1 heterocycles. The maximum absolute atomic E-state index is 13.2. The quantitative estimate of drug-likeness (QED) is 0.601. The van der Waals surface area contributed by atoms with Gasteiger partial charge in [0.05, 0.1) is 16.7 Å². The van der Waals surface area contributed by atoms with Crippen molar-refractivity contribution < 1.29 is 17.7 Å². The van der Waals surface area contributed by atoms with Gasteiger partial charge in [-0.1, -0.05) is 30.3 Å². The van der Waals surface area contributed by atoms with Gasteiger partial charge in [0, 0.05) is 19.1 Å². The third-order valence-corrected chi connectivity index (χ3v) is 6.41. The van der Waals surface area contributed by atoms with Crippen molar-refractivity contribution in [3.63, 3.8) is 0 Å². The second-order valence-electron chi connectivity index (χ2n) is 6.48. The van der Waals surface area contributed by atoms with Crippen molar-refractivity contribution in [2.24, 2.45) is 0 Å². The monoisotopic (exact) mass is 393 g/mol. The maximum Gasteiger partial charge on any atom is 0.295 e. The molecule has 2 aromatic carbocycles. The summed E-state index contributed by atoms with van der Waals surface area (Å²) in [5.74, 6) is -0.718. The van der Waals surface area contributed by atoms with Crippen LogP contribution in [0.4, 0.5) is 15.8 Å². The van der Waals surface area contributed by atoms with Gasteiger partial charge >= 0.3 is 0 Å². The molecule has 9 heteroatoms. The minimum atomic E-state index is -3.41. The molecule has 0 unspecified atom stereocenters. The van der Waals surface area contributed by atoms with Crippen LogP contribution in [0.5, 0.6) is 0 Å². The summed E-state index contributed by atoms with van der Waals surface area (Å²) < 4.78 is 39.8. The molecule has 0 bridgehead atoms. The zero-order valence-electron chi connectivity index (χ0n) is 14.5. The molecule has 0 radical (unpaired) electrons. The van der Waals surface area contributed by atoms with E-state index < -0.39 is 20.8 Å². The smallest absolute Gasteiger partial charge is 0.295 e. The number of piperidine rings is 1. The van der Waals surface area contributed by atoms with E-state index in [9.17, 15) is 22.9 Å². The van der Waals surface area contributed by atoms with Gasteiger partial charge in [-0.3, -0.25) is 10.1 Å². The molecular formula is C18H20FN3O4S. The first-order valence-corrected chi connectivity index (χ1v) is 10.2. The number of benzene rings is 2. The molecule has 0 saturated carbocycles. The summed E-state index contributed by atoms with van der Waals surface area (Å²) in [4.78, 5) is 10.5. The molecule has 1 N–H and O–H groups in total. The van der Waals surface area contributed by atoms with Crippen LogP contribution in [-0.4, -0.2) is 36.8 Å². The molecule has 0 spiro atoms. The second-order valence-corrected chi connectivity index (χ2v) is 8.45. The van der Waals surface area contributed by atoms with Crippen molar-refractivity contribution >= 4 is 21.4 Å². The van der Waals surface area contributed by atoms with E-state index in [0.717, 1.165) is 17.7 Å². The Kier molecular flexibility index (Phi) is 5.71. The molecular weight excluding hydrogens is 373 g/mol. The number of hydrogen-bond donors (Lipinski definition) is 1. The van der Waals surface area contributed by atoms with E-state index in [1.54, 1.807) is 24.3 Å². The minimum absolute atomic E-state index is 0.0463. The second kappa shape index (κ2) is 8.01. The maximum atomic E-state index is 13.2. The van der Waals surface area contributed by atoms with E-state index in [1.165, 1.54) is 10.4 Å². The number of halogens is 1. The molecule has 0 atom stereocenters. The lowest BCUT2D eigenvalue weighted by atomic mass is 10.1. The molecule has 1 aliphatic heterocycles. The summed E-state index contributed by atoms with van der Waals surface area (Å²) in [6.07, 6.45) is 1.03. The van der Waals surface area contributed by atoms with Crippen molar-refractivity contribution in [1.29, 1.82) is 0 Å². The van der Waals surface area contributed by atoms with Crippen molar-refractivity contribution in [3.8, 4) is 0 Å². The molecule has 27 heavy (non-hydrogen) atoms. The van der Waals surface area contributed by atoms with Gasteiger partial charge in [-0.15, -0.1) is 0 Å². The lowest BCUT2D eigenvalue weighted by Gasteiger charge is -2.32. The van der Waals surface area contributed by atoms with Crippen LogP contribution in [0.3, 0.4) is 0 Å². The molecule has 144 valence electrons. The van der Waals surface area contributed by atoms with Crippen LogP contribution in [0.25, 0.3) is 0 Å². The Morgan fingerprint density at radius 3 is 2.44 bits per heavy atom. The van der Waals surface area contributed by atoms with Crippen LogP contribution in [0, 0.1) is 15.9 Å². The van der Waals surface area contributed by atoms with Crippen molar-refractivity contribution in [3.05, 3.63) is 70.0 Å². The van der Waals surface area contributed by atoms with Gasteiger partial charge in [0.15, 0.2) is 0 Å². The number of hydrogen-bond acceptors (Lipinski definition) is 5. The third-order valence-electron chi connectivity index (χ3n) is 4.56. The molecule has 1 saturated heterocycles. The summed E-state index contributed by atoms with van der Waals surface area (Å²) in [5, 5.41) is 14.1. The highest BCUT2D eigenvalue weighted by Crippen LogP contribution is 2.28. The highest BCUT2D eigenvalue weighted by Gasteiger charge is 2.29. The zero-order chi connectivity index (χ0) is 19.4. The molecule has 0 amide bonds. The fraction of sp³-hybridized carbons (Fsp3) is 0.333. The third kappa shape index (κ3) is 4.81. The molecule has 1 aliphatic rings. The summed E-state index contributed by atoms with van der Waals surface area (Å²) in [6, 6.07) is 12.3. The first-order valence-electron chi connectivity index (χ1n) is 8.57. The fourth-order valence-corrected chi connectivity index (χ4v) is 4.72. The summed E-state index contributed by atoms with van der Waals surface area (Å²) in [5.41, 5.74) is 0.654. The zero-order valence-corrected chi connectivity index (χ0v) is 15.4. The minimum Gasteiger partial charge on any atom is -0.377 e. The van der Waals surface area contributed by atoms with E-state index in [2.05, 4.69) is 5.32 Å². The Hall–Kier alpha value is -2.52. The van der Waals surface area contributed by atoms with E-state index >= 15 is 0 Å². The molecule has 3 rings (SSSR count). The number of nitro benzene ring substituents is 1. The highest BCUT2D eigenvalue weighted by molar-refractivity contribution is 7.88. The highest BCUT2D eigenvalue weighted by atomic mass is 32.2. The van der Waals surface area contributed by atoms with Gasteiger partial charge < -0.3 is 5.32 Å². The van der Waals surface area contributed by atoms with Gasteiger partial charge in [0.2, 0.25) is 10.0 Å². The fourth-order valence-electron chi connectivity index (χ4n) is 3.15. The molecule has 2 aromatic rings. The number of rotatable bonds is 6. The normalized spacial score (nSPS) is 16.2. The van der Waals surface area contributed by atoms with Crippen LogP contribution in [0.1, 0.15) is 18.4 Å². The van der Waals surface area contributed by atoms with Gasteiger partial charge in [0.1, 0.15) is 11.5 Å². The van der Waals surface area contributed by atoms with Crippen molar-refractivity contribution in [2.45, 2.75) is 24.6 Å². The predicted octanol–water partition coefficient (Wildman–Crippen LogP) is 3.14. The van der Waals surface area contributed by atoms with Gasteiger partial charge in [0.25, 0.3) is 5.69 Å². The van der Waals surface area contributed by atoms with Crippen molar-refractivity contribution in [1.82, 2.24) is 4.31 Å². The van der Waals surface area contributed by atoms with Crippen LogP contribution < -0.4 is 5.32 Å². The molecule has 0 aliphatic carbocycles. The SMILES string of the molecule is O=[N+]([O-])c1cc(F)ccc1NC1CCN(S(=O)(=O)Cc2ccccc2)CC1. The topological polar surface area (TPSA) is 92.6 Å². The van der Waals surface area contributed by atoms with Crippen LogP contribution in [-0.2, 0) is 15.8 Å². The molecule has 7 nitrogen and oxygen atoms in total. The average Bonchev–Trinajstić information content (AvgIpc) is 2.64. The van der Waals surface area contributed by atoms with Gasteiger partial charge in [-0.2, -0.15) is 0 Å². The Morgan fingerprint density at radius 1 is 1.15 bits per heavy atom. The van der Waals surface area contributed by atoms with Crippen LogP contribution >= 0.6 is 0 Å². The lowest BCUT2D eigenvalue weighted by Crippen LogP contribution is -2.42. The standard InChI is InChI=1S/C18H20FN3O4S/c19-15-6-7-17(18(12-15)22(23)24)20-16-8-10-21(11-9-16)27(25,26)13-14-4-2-1-3-5-14/h1-7,12,16,20H,8-11,13H2. The van der Waals surface area contributed by atoms with E-state index in [1.807, 2.05) is 6.07 Å². The first-order chi connectivity index (χ1) is 12.8. The number of sulfonamides is 1. The van der Waals surface area contributed by atoms with E-state index in [4.69, 9.17) is 0 Å². The first kappa shape index (κ1) is 19.2. The number of nitro groups is 1. The van der Waals surface area contributed by atoms with E-state index in [0.29, 0.717) is 25.9 Å². The Labute approximate surface area is 157 Å². The summed E-state index contributed by atoms with van der Waals surface area (Å²) >= 11 is 0. The summed E-state index contributed by atoms with van der Waals surface area (Å²) in [7, 11) is -3.41. The van der Waals surface area contributed by atoms with E-state index in [-0.39, 0.29) is 23.2 Å². The van der Waals surface area contributed by atoms with Crippen LogP contribution in [0.2, 0.25) is 0 Å². The largest absolute Gasteiger partial charge is 0.377 e. The predicted molar refractivity (Wildman–Crippen MR) is 100 cm³/mol. The molecule has 1 fully saturated rings. The van der Waals surface area contributed by atoms with Crippen LogP contribution in [0.15, 0.2) is 48.5 Å². The summed E-state index contributed by atoms with van der Waals surface area (Å²) in [6.45, 7) is 0.670. The number of nitrogens with zero attached hydrogens (tertiary/aromatic N) is 2. The van der Waals surface area contributed by atoms with Crippen molar-refractivity contribution in [2.75, 3.05) is 18.4 Å². The lowest BCUT2D eigenvalue weighted by molar-refractivity contribution is -0.384. The molecule has 0 aromatic heterocycles.